The van der Waals surface area contributed by atoms with Crippen molar-refractivity contribution in [2.75, 3.05) is 29.5 Å². The second-order valence-corrected chi connectivity index (χ2v) is 4.10. The largest absolute Gasteiger partial charge is 0.432 e. The molecule has 72 valence electrons. The molecule has 1 aliphatic heterocycles. The molecule has 0 radical (unpaired) electrons. The van der Waals surface area contributed by atoms with Gasteiger partial charge in [-0.1, -0.05) is 0 Å². The van der Waals surface area contributed by atoms with Gasteiger partial charge in [0.1, 0.15) is 12.0 Å². The number of hydrogen-bond donors (Lipinski definition) is 1. The fourth-order valence-electron chi connectivity index (χ4n) is 1.27. The number of hydrogen-bond acceptors (Lipinski definition) is 5. The quantitative estimate of drug-likeness (QED) is 0.762. The molecule has 0 unspecified atom stereocenters. The molecule has 0 amide bonds. The maximum absolute atomic E-state index is 8.80. The molecule has 0 aliphatic carbocycles. The normalized spacial score (nSPS) is 17.8. The Morgan fingerprint density at radius 3 is 2.92 bits per heavy atom. The lowest BCUT2D eigenvalue weighted by molar-refractivity contribution is 0.276. The van der Waals surface area contributed by atoms with Crippen LogP contribution in [0.2, 0.25) is 0 Å². The van der Waals surface area contributed by atoms with Crippen LogP contribution in [0, 0.1) is 0 Å². The minimum atomic E-state index is -0.0495. The molecule has 1 N–H and O–H groups in total. The average Bonchev–Trinajstić information content (AvgIpc) is 2.67. The van der Waals surface area contributed by atoms with E-state index in [0.29, 0.717) is 11.7 Å². The second-order valence-electron chi connectivity index (χ2n) is 2.88. The van der Waals surface area contributed by atoms with Crippen LogP contribution in [-0.2, 0) is 6.61 Å². The molecule has 0 aromatic carbocycles. The minimum Gasteiger partial charge on any atom is -0.432 e. The number of aliphatic hydroxyl groups excluding tert-OH is 1. The molecule has 13 heavy (non-hydrogen) atoms. The van der Waals surface area contributed by atoms with E-state index in [4.69, 9.17) is 9.52 Å². The van der Waals surface area contributed by atoms with Crippen LogP contribution in [-0.4, -0.2) is 34.7 Å². The first-order valence-electron chi connectivity index (χ1n) is 4.28. The Morgan fingerprint density at radius 2 is 2.31 bits per heavy atom. The summed E-state index contributed by atoms with van der Waals surface area (Å²) in [4.78, 5) is 6.26. The highest BCUT2D eigenvalue weighted by Crippen LogP contribution is 2.18. The van der Waals surface area contributed by atoms with Gasteiger partial charge in [-0.25, -0.2) is 0 Å². The van der Waals surface area contributed by atoms with E-state index in [9.17, 15) is 0 Å². The molecule has 2 rings (SSSR count). The lowest BCUT2D eigenvalue weighted by Gasteiger charge is -2.24. The van der Waals surface area contributed by atoms with Crippen LogP contribution < -0.4 is 4.90 Å². The van der Waals surface area contributed by atoms with Crippen LogP contribution in [0.25, 0.3) is 0 Å². The van der Waals surface area contributed by atoms with E-state index >= 15 is 0 Å². The van der Waals surface area contributed by atoms with Gasteiger partial charge in [-0.15, -0.1) is 0 Å². The molecule has 1 aromatic rings. The van der Waals surface area contributed by atoms with Gasteiger partial charge in [-0.3, -0.25) is 0 Å². The fourth-order valence-corrected chi connectivity index (χ4v) is 2.17. The van der Waals surface area contributed by atoms with Crippen molar-refractivity contribution in [2.45, 2.75) is 6.61 Å². The first kappa shape index (κ1) is 8.90. The van der Waals surface area contributed by atoms with Crippen molar-refractivity contribution in [3.63, 3.8) is 0 Å². The lowest BCUT2D eigenvalue weighted by Crippen LogP contribution is -2.32. The number of rotatable bonds is 2. The number of anilines is 1. The molecular formula is C8H12N2O2S. The van der Waals surface area contributed by atoms with Gasteiger partial charge in [0.25, 0.3) is 6.01 Å². The molecule has 4 nitrogen and oxygen atoms in total. The Hall–Kier alpha value is -0.680. The van der Waals surface area contributed by atoms with Crippen molar-refractivity contribution in [2.24, 2.45) is 0 Å². The zero-order valence-corrected chi connectivity index (χ0v) is 8.09. The van der Waals surface area contributed by atoms with Crippen molar-refractivity contribution in [1.29, 1.82) is 0 Å². The Bertz CT molecular complexity index is 271. The average molecular weight is 200 g/mol. The molecule has 1 aliphatic rings. The number of thioether (sulfide) groups is 1. The standard InChI is InChI=1S/C8H12N2O2S/c11-5-7-6-12-8(9-7)10-1-3-13-4-2-10/h6,11H,1-5H2. The predicted molar refractivity (Wildman–Crippen MR) is 52.0 cm³/mol. The van der Waals surface area contributed by atoms with Gasteiger partial charge in [-0.2, -0.15) is 16.7 Å². The first-order chi connectivity index (χ1) is 6.40. The van der Waals surface area contributed by atoms with E-state index < -0.39 is 0 Å². The number of oxazole rings is 1. The summed E-state index contributed by atoms with van der Waals surface area (Å²) < 4.78 is 5.24. The van der Waals surface area contributed by atoms with Crippen LogP contribution in [0.1, 0.15) is 5.69 Å². The third kappa shape index (κ3) is 1.97. The summed E-state index contributed by atoms with van der Waals surface area (Å²) in [6, 6.07) is 0.643. The van der Waals surface area contributed by atoms with E-state index in [-0.39, 0.29) is 6.61 Å². The highest BCUT2D eigenvalue weighted by Gasteiger charge is 2.15. The SMILES string of the molecule is OCc1coc(N2CCSCC2)n1. The van der Waals surface area contributed by atoms with Crippen molar-refractivity contribution in [3.05, 3.63) is 12.0 Å². The Kier molecular flexibility index (Phi) is 2.75. The molecule has 1 fully saturated rings. The number of aromatic nitrogens is 1. The van der Waals surface area contributed by atoms with Gasteiger partial charge < -0.3 is 14.4 Å². The van der Waals surface area contributed by atoms with Crippen LogP contribution in [0.4, 0.5) is 6.01 Å². The summed E-state index contributed by atoms with van der Waals surface area (Å²) >= 11 is 1.95. The third-order valence-electron chi connectivity index (χ3n) is 1.98. The fraction of sp³-hybridized carbons (Fsp3) is 0.625. The van der Waals surface area contributed by atoms with Crippen molar-refractivity contribution in [3.8, 4) is 0 Å². The molecule has 1 saturated heterocycles. The smallest absolute Gasteiger partial charge is 0.297 e. The molecule has 0 bridgehead atoms. The van der Waals surface area contributed by atoms with Gasteiger partial charge in [0, 0.05) is 24.6 Å². The lowest BCUT2D eigenvalue weighted by atomic mass is 10.5. The zero-order valence-electron chi connectivity index (χ0n) is 7.27. The number of aliphatic hydroxyl groups is 1. The van der Waals surface area contributed by atoms with Gasteiger partial charge in [-0.05, 0) is 0 Å². The summed E-state index contributed by atoms with van der Waals surface area (Å²) in [7, 11) is 0. The third-order valence-corrected chi connectivity index (χ3v) is 2.93. The summed E-state index contributed by atoms with van der Waals surface area (Å²) in [5.74, 6) is 2.24. The van der Waals surface area contributed by atoms with E-state index in [1.165, 1.54) is 6.26 Å². The zero-order chi connectivity index (χ0) is 9.10. The highest BCUT2D eigenvalue weighted by molar-refractivity contribution is 7.99. The molecule has 0 spiro atoms. The maximum atomic E-state index is 8.80. The van der Waals surface area contributed by atoms with Gasteiger partial charge in [0.15, 0.2) is 0 Å². The molecule has 0 saturated carbocycles. The molecule has 1 aromatic heterocycles. The Balaban J connectivity index is 2.05. The first-order valence-corrected chi connectivity index (χ1v) is 5.43. The molecule has 2 heterocycles. The van der Waals surface area contributed by atoms with Crippen LogP contribution in [0.15, 0.2) is 10.7 Å². The highest BCUT2D eigenvalue weighted by atomic mass is 32.2. The Labute approximate surface area is 80.9 Å². The van der Waals surface area contributed by atoms with E-state index in [2.05, 4.69) is 9.88 Å². The van der Waals surface area contributed by atoms with Gasteiger partial charge in [0.2, 0.25) is 0 Å². The summed E-state index contributed by atoms with van der Waals surface area (Å²) in [6.07, 6.45) is 1.51. The summed E-state index contributed by atoms with van der Waals surface area (Å²) in [5.41, 5.74) is 0.605. The molecule has 5 heteroatoms. The number of nitrogens with zero attached hydrogens (tertiary/aromatic N) is 2. The van der Waals surface area contributed by atoms with Gasteiger partial charge in [0.05, 0.1) is 6.61 Å². The monoisotopic (exact) mass is 200 g/mol. The summed E-state index contributed by atoms with van der Waals surface area (Å²) in [5, 5.41) is 8.80. The second kappa shape index (κ2) is 4.02. The molecule has 0 atom stereocenters. The maximum Gasteiger partial charge on any atom is 0.297 e. The van der Waals surface area contributed by atoms with Gasteiger partial charge >= 0.3 is 0 Å². The predicted octanol–water partition coefficient (Wildman–Crippen LogP) is 0.720. The van der Waals surface area contributed by atoms with Crippen LogP contribution in [0.5, 0.6) is 0 Å². The summed E-state index contributed by atoms with van der Waals surface area (Å²) in [6.45, 7) is 1.91. The van der Waals surface area contributed by atoms with Crippen LogP contribution >= 0.6 is 11.8 Å². The van der Waals surface area contributed by atoms with Crippen molar-refractivity contribution < 1.29 is 9.52 Å². The minimum absolute atomic E-state index is 0.0495. The van der Waals surface area contributed by atoms with Crippen molar-refractivity contribution in [1.82, 2.24) is 4.98 Å². The topological polar surface area (TPSA) is 49.5 Å². The van der Waals surface area contributed by atoms with Crippen molar-refractivity contribution >= 4 is 17.8 Å². The molecular weight excluding hydrogens is 188 g/mol. The van der Waals surface area contributed by atoms with E-state index in [0.717, 1.165) is 24.6 Å². The van der Waals surface area contributed by atoms with E-state index in [1.54, 1.807) is 0 Å². The van der Waals surface area contributed by atoms with Crippen LogP contribution in [0.3, 0.4) is 0 Å². The Morgan fingerprint density at radius 1 is 1.54 bits per heavy atom. The van der Waals surface area contributed by atoms with E-state index in [1.807, 2.05) is 11.8 Å².